The molecule has 5 heteroatoms. The van der Waals surface area contributed by atoms with Gasteiger partial charge in [-0.1, -0.05) is 35.9 Å². The number of rotatable bonds is 4. The average Bonchev–Trinajstić information content (AvgIpc) is 2.60. The lowest BCUT2D eigenvalue weighted by Crippen LogP contribution is -2.38. The fraction of sp³-hybridized carbons (Fsp3) is 0.263. The standard InChI is InChI=1S/C19H21NO3S/c1-4-15-12-20(13-16-6-5-7-18(23-3)19(15)16)24(21,22)17-10-8-14(2)9-11-17/h4-11,15H,1,12-13H2,2-3H3. The van der Waals surface area contributed by atoms with E-state index >= 15 is 0 Å². The zero-order chi connectivity index (χ0) is 17.3. The molecule has 4 nitrogen and oxygen atoms in total. The second-order valence-electron chi connectivity index (χ2n) is 5.99. The minimum absolute atomic E-state index is 0.0925. The molecule has 126 valence electrons. The van der Waals surface area contributed by atoms with Crippen molar-refractivity contribution in [3.63, 3.8) is 0 Å². The summed E-state index contributed by atoms with van der Waals surface area (Å²) < 4.78 is 32.9. The van der Waals surface area contributed by atoms with Gasteiger partial charge in [-0.25, -0.2) is 8.42 Å². The van der Waals surface area contributed by atoms with Crippen LogP contribution in [0.4, 0.5) is 0 Å². The van der Waals surface area contributed by atoms with Crippen LogP contribution in [0.5, 0.6) is 5.75 Å². The van der Waals surface area contributed by atoms with Crippen molar-refractivity contribution in [3.05, 3.63) is 71.8 Å². The Kier molecular flexibility index (Phi) is 4.47. The summed E-state index contributed by atoms with van der Waals surface area (Å²) in [5, 5.41) is 0. The van der Waals surface area contributed by atoms with E-state index in [2.05, 4.69) is 6.58 Å². The van der Waals surface area contributed by atoms with E-state index < -0.39 is 10.0 Å². The highest BCUT2D eigenvalue weighted by Crippen LogP contribution is 2.37. The van der Waals surface area contributed by atoms with Gasteiger partial charge in [0.05, 0.1) is 12.0 Å². The van der Waals surface area contributed by atoms with E-state index in [9.17, 15) is 8.42 Å². The molecule has 24 heavy (non-hydrogen) atoms. The predicted octanol–water partition coefficient (Wildman–Crippen LogP) is 3.48. The first-order valence-corrected chi connectivity index (χ1v) is 9.26. The molecule has 1 atom stereocenters. The molecule has 0 saturated heterocycles. The molecule has 0 fully saturated rings. The Labute approximate surface area is 143 Å². The summed E-state index contributed by atoms with van der Waals surface area (Å²) in [6.07, 6.45) is 1.79. The third-order valence-electron chi connectivity index (χ3n) is 4.44. The summed E-state index contributed by atoms with van der Waals surface area (Å²) in [5.41, 5.74) is 3.03. The van der Waals surface area contributed by atoms with Crippen molar-refractivity contribution < 1.29 is 13.2 Å². The van der Waals surface area contributed by atoms with Gasteiger partial charge in [0.15, 0.2) is 0 Å². The number of aryl methyl sites for hydroxylation is 1. The molecule has 0 radical (unpaired) electrons. The summed E-state index contributed by atoms with van der Waals surface area (Å²) in [4.78, 5) is 0.322. The fourth-order valence-corrected chi connectivity index (χ4v) is 4.57. The molecule has 1 aliphatic rings. The van der Waals surface area contributed by atoms with Gasteiger partial charge < -0.3 is 4.74 Å². The molecular formula is C19H21NO3S. The Balaban J connectivity index is 2.02. The van der Waals surface area contributed by atoms with Crippen LogP contribution < -0.4 is 4.74 Å². The summed E-state index contributed by atoms with van der Waals surface area (Å²) in [6, 6.07) is 12.7. The first-order valence-electron chi connectivity index (χ1n) is 7.82. The van der Waals surface area contributed by atoms with E-state index in [1.54, 1.807) is 25.3 Å². The Morgan fingerprint density at radius 2 is 1.92 bits per heavy atom. The smallest absolute Gasteiger partial charge is 0.243 e. The molecular weight excluding hydrogens is 322 g/mol. The largest absolute Gasteiger partial charge is 0.496 e. The summed E-state index contributed by atoms with van der Waals surface area (Å²) in [5.74, 6) is 0.690. The third kappa shape index (κ3) is 2.85. The minimum Gasteiger partial charge on any atom is -0.496 e. The zero-order valence-corrected chi connectivity index (χ0v) is 14.7. The predicted molar refractivity (Wildman–Crippen MR) is 94.7 cm³/mol. The van der Waals surface area contributed by atoms with E-state index in [0.717, 1.165) is 22.4 Å². The van der Waals surface area contributed by atoms with E-state index in [0.29, 0.717) is 18.0 Å². The molecule has 0 amide bonds. The maximum Gasteiger partial charge on any atom is 0.243 e. The van der Waals surface area contributed by atoms with Gasteiger partial charge in [0.1, 0.15) is 5.75 Å². The molecule has 0 aromatic heterocycles. The highest BCUT2D eigenvalue weighted by molar-refractivity contribution is 7.89. The Hall–Kier alpha value is -2.11. The summed E-state index contributed by atoms with van der Waals surface area (Å²) in [6.45, 7) is 6.53. The Bertz CT molecular complexity index is 857. The van der Waals surface area contributed by atoms with Crippen LogP contribution in [0.3, 0.4) is 0 Å². The number of ether oxygens (including phenoxy) is 1. The van der Waals surface area contributed by atoms with E-state index in [1.165, 1.54) is 4.31 Å². The molecule has 2 aromatic rings. The molecule has 0 N–H and O–H groups in total. The zero-order valence-electron chi connectivity index (χ0n) is 13.9. The topological polar surface area (TPSA) is 46.6 Å². The molecule has 3 rings (SSSR count). The van der Waals surface area contributed by atoms with E-state index in [1.807, 2.05) is 37.3 Å². The van der Waals surface area contributed by atoms with E-state index in [-0.39, 0.29) is 5.92 Å². The van der Waals surface area contributed by atoms with Gasteiger partial charge in [-0.05, 0) is 30.7 Å². The summed E-state index contributed by atoms with van der Waals surface area (Å²) in [7, 11) is -1.91. The monoisotopic (exact) mass is 343 g/mol. The number of hydrogen-bond acceptors (Lipinski definition) is 3. The number of methoxy groups -OCH3 is 1. The molecule has 1 unspecified atom stereocenters. The van der Waals surface area contributed by atoms with Crippen molar-refractivity contribution in [3.8, 4) is 5.75 Å². The van der Waals surface area contributed by atoms with Crippen molar-refractivity contribution in [1.29, 1.82) is 0 Å². The minimum atomic E-state index is -3.54. The van der Waals surface area contributed by atoms with Crippen LogP contribution in [0.1, 0.15) is 22.6 Å². The molecule has 1 heterocycles. The van der Waals surface area contributed by atoms with Gasteiger partial charge in [-0.2, -0.15) is 4.31 Å². The second kappa shape index (κ2) is 6.42. The first-order chi connectivity index (χ1) is 11.5. The van der Waals surface area contributed by atoms with Gasteiger partial charge in [0.2, 0.25) is 10.0 Å². The molecule has 0 spiro atoms. The quantitative estimate of drug-likeness (QED) is 0.799. The Morgan fingerprint density at radius 3 is 2.54 bits per heavy atom. The van der Waals surface area contributed by atoms with E-state index in [4.69, 9.17) is 4.74 Å². The van der Waals surface area contributed by atoms with Crippen molar-refractivity contribution in [1.82, 2.24) is 4.31 Å². The van der Waals surface area contributed by atoms with Gasteiger partial charge >= 0.3 is 0 Å². The number of hydrogen-bond donors (Lipinski definition) is 0. The normalized spacial score (nSPS) is 18.0. The van der Waals surface area contributed by atoms with Gasteiger partial charge in [0.25, 0.3) is 0 Å². The first kappa shape index (κ1) is 16.7. The van der Waals surface area contributed by atoms with Crippen LogP contribution >= 0.6 is 0 Å². The van der Waals surface area contributed by atoms with Crippen LogP contribution in [0, 0.1) is 6.92 Å². The SMILES string of the molecule is C=CC1CN(S(=O)(=O)c2ccc(C)cc2)Cc2cccc(OC)c21. The molecule has 0 bridgehead atoms. The van der Waals surface area contributed by atoms with Crippen LogP contribution in [-0.2, 0) is 16.6 Å². The molecule has 1 aliphatic heterocycles. The maximum atomic E-state index is 13.0. The van der Waals surface area contributed by atoms with Gasteiger partial charge in [-0.3, -0.25) is 0 Å². The second-order valence-corrected chi connectivity index (χ2v) is 7.92. The van der Waals surface area contributed by atoms with Gasteiger partial charge in [0, 0.05) is 24.6 Å². The third-order valence-corrected chi connectivity index (χ3v) is 6.26. The lowest BCUT2D eigenvalue weighted by molar-refractivity contribution is 0.357. The molecule has 2 aromatic carbocycles. The van der Waals surface area contributed by atoms with Crippen LogP contribution in [-0.4, -0.2) is 26.4 Å². The highest BCUT2D eigenvalue weighted by Gasteiger charge is 2.33. The lowest BCUT2D eigenvalue weighted by Gasteiger charge is -2.33. The summed E-state index contributed by atoms with van der Waals surface area (Å²) >= 11 is 0. The van der Waals surface area contributed by atoms with Crippen LogP contribution in [0.15, 0.2) is 60.0 Å². The maximum absolute atomic E-state index is 13.0. The lowest BCUT2D eigenvalue weighted by atomic mass is 9.90. The highest BCUT2D eigenvalue weighted by atomic mass is 32.2. The Morgan fingerprint density at radius 1 is 1.21 bits per heavy atom. The van der Waals surface area contributed by atoms with Crippen LogP contribution in [0.2, 0.25) is 0 Å². The molecule has 0 aliphatic carbocycles. The fourth-order valence-electron chi connectivity index (χ4n) is 3.13. The van der Waals surface area contributed by atoms with Gasteiger partial charge in [-0.15, -0.1) is 6.58 Å². The number of nitrogens with zero attached hydrogens (tertiary/aromatic N) is 1. The van der Waals surface area contributed by atoms with Crippen molar-refractivity contribution >= 4 is 10.0 Å². The molecule has 0 saturated carbocycles. The average molecular weight is 343 g/mol. The number of sulfonamides is 1. The van der Waals surface area contributed by atoms with Crippen molar-refractivity contribution in [2.24, 2.45) is 0 Å². The van der Waals surface area contributed by atoms with Crippen molar-refractivity contribution in [2.75, 3.05) is 13.7 Å². The van der Waals surface area contributed by atoms with Crippen LogP contribution in [0.25, 0.3) is 0 Å². The number of benzene rings is 2. The number of fused-ring (bicyclic) bond motifs is 1. The van der Waals surface area contributed by atoms with Crippen molar-refractivity contribution in [2.45, 2.75) is 24.3 Å².